The van der Waals surface area contributed by atoms with Gasteiger partial charge in [0.1, 0.15) is 0 Å². The van der Waals surface area contributed by atoms with Crippen LogP contribution < -0.4 is 14.8 Å². The van der Waals surface area contributed by atoms with Crippen LogP contribution in [-0.2, 0) is 17.8 Å². The Bertz CT molecular complexity index is 749. The van der Waals surface area contributed by atoms with Gasteiger partial charge in [-0.1, -0.05) is 30.3 Å². The van der Waals surface area contributed by atoms with Gasteiger partial charge in [-0.3, -0.25) is 0 Å². The molecule has 0 saturated heterocycles. The van der Waals surface area contributed by atoms with Crippen LogP contribution in [0.1, 0.15) is 35.6 Å². The second-order valence-corrected chi connectivity index (χ2v) is 6.91. The van der Waals surface area contributed by atoms with Gasteiger partial charge in [0.05, 0.1) is 19.3 Å². The fraction of sp³-hybridized carbons (Fsp3) is 0.429. The highest BCUT2D eigenvalue weighted by Crippen LogP contribution is 2.32. The van der Waals surface area contributed by atoms with Gasteiger partial charge in [-0.15, -0.1) is 0 Å². The Hall–Kier alpha value is -2.08. The van der Waals surface area contributed by atoms with Crippen LogP contribution in [0, 0.1) is 0 Å². The van der Waals surface area contributed by atoms with E-state index < -0.39 is 6.10 Å². The molecule has 1 aliphatic heterocycles. The van der Waals surface area contributed by atoms with Crippen LogP contribution in [0.15, 0.2) is 42.5 Å². The molecule has 1 heterocycles. The van der Waals surface area contributed by atoms with Gasteiger partial charge in [0.2, 0.25) is 6.79 Å². The van der Waals surface area contributed by atoms with Gasteiger partial charge < -0.3 is 24.6 Å². The molecule has 0 unspecified atom stereocenters. The lowest BCUT2D eigenvalue weighted by Crippen LogP contribution is -2.34. The molecule has 0 radical (unpaired) electrons. The molecule has 1 aliphatic carbocycles. The van der Waals surface area contributed by atoms with Gasteiger partial charge in [-0.2, -0.15) is 0 Å². The molecule has 2 atom stereocenters. The molecule has 0 saturated carbocycles. The number of aliphatic hydroxyl groups is 1. The quantitative estimate of drug-likeness (QED) is 0.800. The van der Waals surface area contributed by atoms with Crippen LogP contribution in [0.2, 0.25) is 0 Å². The van der Waals surface area contributed by atoms with Crippen molar-refractivity contribution < 1.29 is 19.3 Å². The molecule has 5 heteroatoms. The molecule has 5 nitrogen and oxygen atoms in total. The monoisotopic (exact) mass is 355 g/mol. The van der Waals surface area contributed by atoms with Gasteiger partial charge >= 0.3 is 0 Å². The molecule has 0 fully saturated rings. The van der Waals surface area contributed by atoms with E-state index in [4.69, 9.17) is 14.2 Å². The number of rotatable bonds is 7. The fourth-order valence-corrected chi connectivity index (χ4v) is 3.65. The zero-order chi connectivity index (χ0) is 17.8. The Morgan fingerprint density at radius 1 is 1.15 bits per heavy atom. The van der Waals surface area contributed by atoms with Crippen molar-refractivity contribution >= 4 is 0 Å². The molecule has 2 aliphatic rings. The average molecular weight is 355 g/mol. The second kappa shape index (κ2) is 8.08. The molecule has 2 aromatic carbocycles. The van der Waals surface area contributed by atoms with Crippen LogP contribution in [0.25, 0.3) is 0 Å². The molecule has 0 amide bonds. The maximum atomic E-state index is 10.2. The number of hydrogen-bond donors (Lipinski definition) is 2. The Labute approximate surface area is 153 Å². The van der Waals surface area contributed by atoms with E-state index in [1.54, 1.807) is 0 Å². The molecule has 0 aromatic heterocycles. The molecular formula is C21H25NO4. The number of ether oxygens (including phenoxy) is 3. The zero-order valence-electron chi connectivity index (χ0n) is 14.8. The molecule has 138 valence electrons. The molecular weight excluding hydrogens is 330 g/mol. The third-order valence-corrected chi connectivity index (χ3v) is 4.99. The average Bonchev–Trinajstić information content (AvgIpc) is 3.14. The normalized spacial score (nSPS) is 19.2. The minimum Gasteiger partial charge on any atom is -0.454 e. The molecule has 0 bridgehead atoms. The van der Waals surface area contributed by atoms with Crippen LogP contribution >= 0.6 is 0 Å². The predicted octanol–water partition coefficient (Wildman–Crippen LogP) is 2.96. The summed E-state index contributed by atoms with van der Waals surface area (Å²) in [5, 5.41) is 13.7. The van der Waals surface area contributed by atoms with Gasteiger partial charge in [-0.05, 0) is 48.1 Å². The smallest absolute Gasteiger partial charge is 0.231 e. The Balaban J connectivity index is 1.22. The predicted molar refractivity (Wildman–Crippen MR) is 98.4 cm³/mol. The highest BCUT2D eigenvalue weighted by atomic mass is 16.7. The first-order chi connectivity index (χ1) is 12.8. The molecule has 0 spiro atoms. The molecule has 2 N–H and O–H groups in total. The summed E-state index contributed by atoms with van der Waals surface area (Å²) in [6.45, 7) is 1.55. The number of benzene rings is 2. The largest absolute Gasteiger partial charge is 0.454 e. The maximum Gasteiger partial charge on any atom is 0.231 e. The van der Waals surface area contributed by atoms with Crippen molar-refractivity contribution in [2.24, 2.45) is 0 Å². The van der Waals surface area contributed by atoms with Crippen LogP contribution in [-0.4, -0.2) is 31.2 Å². The Kier molecular flexibility index (Phi) is 5.39. The summed E-state index contributed by atoms with van der Waals surface area (Å²) in [7, 11) is 0. The summed E-state index contributed by atoms with van der Waals surface area (Å²) in [5.41, 5.74) is 3.80. The highest BCUT2D eigenvalue weighted by molar-refractivity contribution is 5.44. The first kappa shape index (κ1) is 17.3. The summed E-state index contributed by atoms with van der Waals surface area (Å²) in [6, 6.07) is 14.7. The minimum absolute atomic E-state index is 0.272. The molecule has 4 rings (SSSR count). The van der Waals surface area contributed by atoms with Crippen LogP contribution in [0.3, 0.4) is 0 Å². The second-order valence-electron chi connectivity index (χ2n) is 6.91. The third-order valence-electron chi connectivity index (χ3n) is 4.99. The lowest BCUT2D eigenvalue weighted by Gasteiger charge is -2.27. The maximum absolute atomic E-state index is 10.2. The first-order valence-corrected chi connectivity index (χ1v) is 9.25. The lowest BCUT2D eigenvalue weighted by atomic mass is 9.88. The zero-order valence-corrected chi connectivity index (χ0v) is 14.8. The van der Waals surface area contributed by atoms with Gasteiger partial charge in [-0.25, -0.2) is 0 Å². The number of fused-ring (bicyclic) bond motifs is 2. The summed E-state index contributed by atoms with van der Waals surface area (Å²) < 4.78 is 16.3. The van der Waals surface area contributed by atoms with Gasteiger partial charge in [0.25, 0.3) is 0 Å². The highest BCUT2D eigenvalue weighted by Gasteiger charge is 2.20. The van der Waals surface area contributed by atoms with E-state index in [1.807, 2.05) is 18.2 Å². The van der Waals surface area contributed by atoms with Crippen molar-refractivity contribution in [1.29, 1.82) is 0 Å². The van der Waals surface area contributed by atoms with Crippen molar-refractivity contribution in [3.05, 3.63) is 59.2 Å². The van der Waals surface area contributed by atoms with Crippen molar-refractivity contribution in [3.8, 4) is 11.5 Å². The summed E-state index contributed by atoms with van der Waals surface area (Å²) in [4.78, 5) is 0. The van der Waals surface area contributed by atoms with Crippen molar-refractivity contribution in [2.75, 3.05) is 19.9 Å². The SMILES string of the molecule is O[C@@H](CN[C@H]1CCCc2ccccc21)COCc1ccc2c(c1)OCO2. The fourth-order valence-electron chi connectivity index (χ4n) is 3.65. The van der Waals surface area contributed by atoms with E-state index in [-0.39, 0.29) is 6.79 Å². The number of nitrogens with one attached hydrogen (secondary N) is 1. The standard InChI is InChI=1S/C21H25NO4/c23-17(11-22-19-7-3-5-16-4-1-2-6-18(16)19)13-24-12-15-8-9-20-21(10-15)26-14-25-20/h1-2,4,6,8-10,17,19,22-23H,3,5,7,11-14H2/t17-,19-/m0/s1. The third kappa shape index (κ3) is 4.01. The van der Waals surface area contributed by atoms with E-state index in [0.717, 1.165) is 29.9 Å². The number of hydrogen-bond acceptors (Lipinski definition) is 5. The Morgan fingerprint density at radius 2 is 2.04 bits per heavy atom. The summed E-state index contributed by atoms with van der Waals surface area (Å²) in [5.74, 6) is 1.52. The van der Waals surface area contributed by atoms with Crippen LogP contribution in [0.5, 0.6) is 11.5 Å². The van der Waals surface area contributed by atoms with Crippen molar-refractivity contribution in [3.63, 3.8) is 0 Å². The number of aliphatic hydroxyl groups excluding tert-OH is 1. The molecule has 26 heavy (non-hydrogen) atoms. The van der Waals surface area contributed by atoms with Gasteiger partial charge in [0.15, 0.2) is 11.5 Å². The number of aryl methyl sites for hydroxylation is 1. The van der Waals surface area contributed by atoms with E-state index in [2.05, 4.69) is 29.6 Å². The minimum atomic E-state index is -0.530. The van der Waals surface area contributed by atoms with E-state index in [9.17, 15) is 5.11 Å². The van der Waals surface area contributed by atoms with E-state index >= 15 is 0 Å². The van der Waals surface area contributed by atoms with Crippen molar-refractivity contribution in [2.45, 2.75) is 38.0 Å². The van der Waals surface area contributed by atoms with E-state index in [1.165, 1.54) is 17.5 Å². The van der Waals surface area contributed by atoms with Crippen LogP contribution in [0.4, 0.5) is 0 Å². The summed E-state index contributed by atoms with van der Waals surface area (Å²) in [6.07, 6.45) is 2.92. The summed E-state index contributed by atoms with van der Waals surface area (Å²) >= 11 is 0. The van der Waals surface area contributed by atoms with E-state index in [0.29, 0.717) is 25.8 Å². The van der Waals surface area contributed by atoms with Gasteiger partial charge in [0, 0.05) is 12.6 Å². The first-order valence-electron chi connectivity index (χ1n) is 9.25. The molecule has 2 aromatic rings. The van der Waals surface area contributed by atoms with Crippen molar-refractivity contribution in [1.82, 2.24) is 5.32 Å². The topological polar surface area (TPSA) is 60.0 Å². The lowest BCUT2D eigenvalue weighted by molar-refractivity contribution is 0.0273. The Morgan fingerprint density at radius 3 is 3.00 bits per heavy atom.